The number of nitrogens with zero attached hydrogens (tertiary/aromatic N) is 1. The number of amides is 2. The Kier molecular flexibility index (Phi) is 6.73. The van der Waals surface area contributed by atoms with Crippen LogP contribution in [0.1, 0.15) is 21.5 Å². The van der Waals surface area contributed by atoms with Gasteiger partial charge in [0.05, 0.1) is 13.3 Å². The van der Waals surface area contributed by atoms with Gasteiger partial charge in [-0.1, -0.05) is 24.3 Å². The van der Waals surface area contributed by atoms with Crippen molar-refractivity contribution >= 4 is 24.1 Å². The summed E-state index contributed by atoms with van der Waals surface area (Å²) >= 11 is 0. The summed E-state index contributed by atoms with van der Waals surface area (Å²) in [5.74, 6) is 0.307. The number of aromatic hydroxyl groups is 1. The zero-order valence-electron chi connectivity index (χ0n) is 18.1. The van der Waals surface area contributed by atoms with Crippen LogP contribution in [-0.4, -0.2) is 37.0 Å². The summed E-state index contributed by atoms with van der Waals surface area (Å²) in [6.07, 6.45) is 2.86. The molecule has 172 valence electrons. The summed E-state index contributed by atoms with van der Waals surface area (Å²) in [4.78, 5) is 25.5. The highest BCUT2D eigenvalue weighted by molar-refractivity contribution is 6.05. The number of carbonyl (C=O) groups is 2. The number of fused-ring (bicyclic) bond motifs is 1. The van der Waals surface area contributed by atoms with Crippen molar-refractivity contribution in [1.82, 2.24) is 10.7 Å². The van der Waals surface area contributed by atoms with E-state index >= 15 is 0 Å². The highest BCUT2D eigenvalue weighted by atomic mass is 16.7. The maximum atomic E-state index is 12.9. The maximum Gasteiger partial charge on any atom is 0.287 e. The number of hydrazone groups is 1. The smallest absolute Gasteiger partial charge is 0.287 e. The van der Waals surface area contributed by atoms with Crippen molar-refractivity contribution in [3.63, 3.8) is 0 Å². The Labute approximate surface area is 195 Å². The number of nitrogens with one attached hydrogen (secondary N) is 2. The fraction of sp³-hybridized carbons (Fsp3) is 0.0800. The van der Waals surface area contributed by atoms with Gasteiger partial charge in [-0.3, -0.25) is 9.59 Å². The van der Waals surface area contributed by atoms with Crippen LogP contribution in [0.15, 0.2) is 77.5 Å². The Morgan fingerprint density at radius 3 is 2.53 bits per heavy atom. The third kappa shape index (κ3) is 5.33. The topological polar surface area (TPSA) is 118 Å². The van der Waals surface area contributed by atoms with Gasteiger partial charge in [0, 0.05) is 5.56 Å². The molecule has 4 rings (SSSR count). The van der Waals surface area contributed by atoms with Crippen molar-refractivity contribution in [2.45, 2.75) is 0 Å². The quantitative estimate of drug-likeness (QED) is 0.284. The van der Waals surface area contributed by atoms with Gasteiger partial charge >= 0.3 is 0 Å². The molecule has 0 saturated carbocycles. The van der Waals surface area contributed by atoms with E-state index in [-0.39, 0.29) is 18.2 Å². The average Bonchev–Trinajstić information content (AvgIpc) is 3.32. The van der Waals surface area contributed by atoms with Gasteiger partial charge in [0.1, 0.15) is 5.70 Å². The van der Waals surface area contributed by atoms with Crippen LogP contribution >= 0.6 is 0 Å². The molecule has 1 heterocycles. The lowest BCUT2D eigenvalue weighted by molar-refractivity contribution is -0.117. The summed E-state index contributed by atoms with van der Waals surface area (Å²) in [5, 5.41) is 16.4. The molecule has 0 aromatic heterocycles. The lowest BCUT2D eigenvalue weighted by atomic mass is 10.1. The highest BCUT2D eigenvalue weighted by Crippen LogP contribution is 2.33. The van der Waals surface area contributed by atoms with Crippen LogP contribution in [-0.2, 0) is 4.79 Å². The van der Waals surface area contributed by atoms with Crippen LogP contribution in [0, 0.1) is 0 Å². The fourth-order valence-electron chi connectivity index (χ4n) is 3.12. The van der Waals surface area contributed by atoms with Crippen molar-refractivity contribution in [3.05, 3.63) is 89.1 Å². The fourth-order valence-corrected chi connectivity index (χ4v) is 3.12. The van der Waals surface area contributed by atoms with Crippen molar-refractivity contribution in [1.29, 1.82) is 0 Å². The molecule has 1 aliphatic heterocycles. The molecule has 0 bridgehead atoms. The van der Waals surface area contributed by atoms with E-state index in [2.05, 4.69) is 15.8 Å². The monoisotopic (exact) mass is 459 g/mol. The number of phenols is 1. The predicted molar refractivity (Wildman–Crippen MR) is 125 cm³/mol. The number of hydrogen-bond donors (Lipinski definition) is 3. The second kappa shape index (κ2) is 10.2. The normalized spacial score (nSPS) is 12.4. The maximum absolute atomic E-state index is 12.9. The second-order valence-corrected chi connectivity index (χ2v) is 7.12. The Morgan fingerprint density at radius 1 is 1.00 bits per heavy atom. The third-order valence-corrected chi connectivity index (χ3v) is 4.82. The Bertz CT molecular complexity index is 1270. The molecular weight excluding hydrogens is 438 g/mol. The van der Waals surface area contributed by atoms with Crippen LogP contribution in [0.5, 0.6) is 23.0 Å². The molecule has 0 radical (unpaired) electrons. The van der Waals surface area contributed by atoms with Crippen LogP contribution in [0.4, 0.5) is 0 Å². The molecule has 3 aromatic rings. The molecule has 0 spiro atoms. The highest BCUT2D eigenvalue weighted by Gasteiger charge is 2.17. The molecule has 3 aromatic carbocycles. The zero-order valence-corrected chi connectivity index (χ0v) is 18.1. The van der Waals surface area contributed by atoms with Gasteiger partial charge in [-0.15, -0.1) is 0 Å². The van der Waals surface area contributed by atoms with Crippen molar-refractivity contribution < 1.29 is 28.9 Å². The van der Waals surface area contributed by atoms with Gasteiger partial charge in [0.25, 0.3) is 11.8 Å². The first-order valence-corrected chi connectivity index (χ1v) is 10.2. The van der Waals surface area contributed by atoms with Crippen LogP contribution < -0.4 is 25.0 Å². The van der Waals surface area contributed by atoms with Crippen LogP contribution in [0.25, 0.3) is 6.08 Å². The minimum absolute atomic E-state index is 0.0255. The number of benzene rings is 3. The lowest BCUT2D eigenvalue weighted by Gasteiger charge is -2.09. The minimum atomic E-state index is -0.643. The predicted octanol–water partition coefficient (Wildman–Crippen LogP) is 3.05. The summed E-state index contributed by atoms with van der Waals surface area (Å²) in [6, 6.07) is 18.4. The molecule has 0 aliphatic carbocycles. The van der Waals surface area contributed by atoms with Crippen LogP contribution in [0.3, 0.4) is 0 Å². The number of ether oxygens (including phenoxy) is 3. The van der Waals surface area contributed by atoms with E-state index in [9.17, 15) is 14.7 Å². The second-order valence-electron chi connectivity index (χ2n) is 7.12. The van der Waals surface area contributed by atoms with Crippen molar-refractivity contribution in [2.24, 2.45) is 5.10 Å². The lowest BCUT2D eigenvalue weighted by Crippen LogP contribution is -2.32. The zero-order chi connectivity index (χ0) is 23.9. The molecule has 0 fully saturated rings. The minimum Gasteiger partial charge on any atom is -0.504 e. The van der Waals surface area contributed by atoms with E-state index in [4.69, 9.17) is 14.2 Å². The Hall–Kier alpha value is -4.79. The largest absolute Gasteiger partial charge is 0.504 e. The van der Waals surface area contributed by atoms with Gasteiger partial charge in [-0.25, -0.2) is 5.43 Å². The average molecular weight is 459 g/mol. The van der Waals surface area contributed by atoms with Gasteiger partial charge in [-0.2, -0.15) is 5.10 Å². The van der Waals surface area contributed by atoms with E-state index in [0.717, 1.165) is 0 Å². The first-order valence-electron chi connectivity index (χ1n) is 10.2. The molecule has 0 saturated heterocycles. The Balaban J connectivity index is 1.54. The van der Waals surface area contributed by atoms with Crippen LogP contribution in [0.2, 0.25) is 0 Å². The molecule has 1 aliphatic rings. The van der Waals surface area contributed by atoms with Gasteiger partial charge in [0.15, 0.2) is 23.0 Å². The summed E-state index contributed by atoms with van der Waals surface area (Å²) < 4.78 is 15.7. The third-order valence-electron chi connectivity index (χ3n) is 4.82. The van der Waals surface area contributed by atoms with E-state index < -0.39 is 11.8 Å². The van der Waals surface area contributed by atoms with E-state index in [1.807, 2.05) is 0 Å². The summed E-state index contributed by atoms with van der Waals surface area (Å²) in [7, 11) is 1.45. The number of phenolic OH excluding ortho intramolecular Hbond substituents is 1. The summed E-state index contributed by atoms with van der Waals surface area (Å²) in [6.45, 7) is 0.121. The molecule has 9 heteroatoms. The molecule has 34 heavy (non-hydrogen) atoms. The van der Waals surface area contributed by atoms with E-state index in [1.165, 1.54) is 25.5 Å². The molecule has 3 N–H and O–H groups in total. The summed E-state index contributed by atoms with van der Waals surface area (Å²) in [5.41, 5.74) is 3.91. The SMILES string of the molecule is COc1ccc(C=NNC(=O)/C(=C/c2ccc3c(c2)OCO3)NC(=O)c2ccccc2)cc1O. The number of methoxy groups -OCH3 is 1. The first kappa shape index (κ1) is 22.4. The molecule has 0 atom stereocenters. The Morgan fingerprint density at radius 2 is 1.76 bits per heavy atom. The van der Waals surface area contributed by atoms with Crippen molar-refractivity contribution in [2.75, 3.05) is 13.9 Å². The van der Waals surface area contributed by atoms with Crippen molar-refractivity contribution in [3.8, 4) is 23.0 Å². The molecule has 9 nitrogen and oxygen atoms in total. The standard InChI is InChI=1S/C25H21N3O6/c1-32-21-9-8-17(12-20(21)29)14-26-28-25(31)19(27-24(30)18-5-3-2-4-6-18)11-16-7-10-22-23(13-16)34-15-33-22/h2-14,29H,15H2,1H3,(H,27,30)(H,28,31)/b19-11-,26-14?. The molecule has 2 amide bonds. The van der Waals surface area contributed by atoms with Gasteiger partial charge in [-0.05, 0) is 59.7 Å². The molecular formula is C25H21N3O6. The van der Waals surface area contributed by atoms with Gasteiger partial charge < -0.3 is 24.6 Å². The molecule has 0 unspecified atom stereocenters. The number of hydrogen-bond acceptors (Lipinski definition) is 7. The van der Waals surface area contributed by atoms with Gasteiger partial charge in [0.2, 0.25) is 6.79 Å². The first-order chi connectivity index (χ1) is 16.5. The van der Waals surface area contributed by atoms with E-state index in [1.54, 1.807) is 60.7 Å². The number of rotatable bonds is 7. The number of carbonyl (C=O) groups excluding carboxylic acids is 2. The van der Waals surface area contributed by atoms with E-state index in [0.29, 0.717) is 33.9 Å².